The third-order valence-corrected chi connectivity index (χ3v) is 4.05. The largest absolute Gasteiger partial charge is 0.381 e. The first-order valence-corrected chi connectivity index (χ1v) is 7.03. The Kier molecular flexibility index (Phi) is 4.73. The molecule has 1 fully saturated rings. The summed E-state index contributed by atoms with van der Waals surface area (Å²) in [5, 5.41) is 14.3. The molecule has 1 aliphatic heterocycles. The average Bonchev–Trinajstić information content (AvgIpc) is 2.41. The van der Waals surface area contributed by atoms with Crippen LogP contribution in [0.4, 0.5) is 5.69 Å². The Bertz CT molecular complexity index is 482. The van der Waals surface area contributed by atoms with E-state index < -0.39 is 0 Å². The highest BCUT2D eigenvalue weighted by atomic mass is 16.6. The minimum Gasteiger partial charge on any atom is -0.381 e. The van der Waals surface area contributed by atoms with Gasteiger partial charge in [-0.3, -0.25) is 10.1 Å². The number of hydrogen-bond acceptors (Lipinski definition) is 4. The summed E-state index contributed by atoms with van der Waals surface area (Å²) in [5.41, 5.74) is 2.13. The van der Waals surface area contributed by atoms with E-state index in [0.29, 0.717) is 12.1 Å². The summed E-state index contributed by atoms with van der Waals surface area (Å²) in [7, 11) is 0. The van der Waals surface area contributed by atoms with E-state index in [2.05, 4.69) is 12.2 Å². The average molecular weight is 278 g/mol. The van der Waals surface area contributed by atoms with Crippen molar-refractivity contribution in [1.82, 2.24) is 5.32 Å². The Morgan fingerprint density at radius 2 is 2.10 bits per heavy atom. The van der Waals surface area contributed by atoms with Crippen LogP contribution in [0.2, 0.25) is 0 Å². The van der Waals surface area contributed by atoms with Gasteiger partial charge in [-0.2, -0.15) is 0 Å². The predicted octanol–water partition coefficient (Wildman–Crippen LogP) is 2.81. The van der Waals surface area contributed by atoms with Crippen molar-refractivity contribution < 1.29 is 9.66 Å². The molecule has 5 heteroatoms. The van der Waals surface area contributed by atoms with Crippen LogP contribution < -0.4 is 5.32 Å². The van der Waals surface area contributed by atoms with Crippen LogP contribution in [0.3, 0.4) is 0 Å². The molecular weight excluding hydrogens is 256 g/mol. The Balaban J connectivity index is 1.91. The van der Waals surface area contributed by atoms with Gasteiger partial charge in [0.05, 0.1) is 4.92 Å². The summed E-state index contributed by atoms with van der Waals surface area (Å²) in [5.74, 6) is 0. The lowest BCUT2D eigenvalue weighted by Gasteiger charge is -2.33. The van der Waals surface area contributed by atoms with Crippen LogP contribution in [-0.2, 0) is 11.3 Å². The molecule has 0 radical (unpaired) electrons. The van der Waals surface area contributed by atoms with E-state index in [0.717, 1.165) is 38.2 Å². The molecule has 1 saturated heterocycles. The summed E-state index contributed by atoms with van der Waals surface area (Å²) in [6, 6.07) is 5.42. The van der Waals surface area contributed by atoms with Crippen molar-refractivity contribution in [1.29, 1.82) is 0 Å². The fourth-order valence-corrected chi connectivity index (χ4v) is 2.51. The molecule has 1 aromatic rings. The van der Waals surface area contributed by atoms with Crippen LogP contribution in [0.1, 0.15) is 30.9 Å². The molecule has 1 heterocycles. The molecule has 0 saturated carbocycles. The second-order valence-corrected chi connectivity index (χ2v) is 5.90. The smallest absolute Gasteiger partial charge is 0.272 e. The van der Waals surface area contributed by atoms with Gasteiger partial charge in [-0.1, -0.05) is 19.1 Å². The van der Waals surface area contributed by atoms with Crippen LogP contribution in [0.25, 0.3) is 0 Å². The highest BCUT2D eigenvalue weighted by molar-refractivity contribution is 5.42. The van der Waals surface area contributed by atoms with E-state index in [-0.39, 0.29) is 16.0 Å². The molecule has 5 nitrogen and oxygen atoms in total. The number of rotatable bonds is 5. The van der Waals surface area contributed by atoms with Gasteiger partial charge in [-0.15, -0.1) is 0 Å². The van der Waals surface area contributed by atoms with Crippen LogP contribution in [0.5, 0.6) is 0 Å². The standard InChI is InChI=1S/C15H22N2O3/c1-12-3-4-13(9-14(12)17(18)19)10-16-11-15(2)5-7-20-8-6-15/h3-4,9,16H,5-8,10-11H2,1-2H3. The lowest BCUT2D eigenvalue weighted by Crippen LogP contribution is -2.36. The van der Waals surface area contributed by atoms with Gasteiger partial charge in [0, 0.05) is 37.9 Å². The fourth-order valence-electron chi connectivity index (χ4n) is 2.51. The molecule has 20 heavy (non-hydrogen) atoms. The minimum atomic E-state index is -0.321. The third-order valence-electron chi connectivity index (χ3n) is 4.05. The SMILES string of the molecule is Cc1ccc(CNCC2(C)CCOCC2)cc1[N+](=O)[O-]. The first kappa shape index (κ1) is 14.9. The van der Waals surface area contributed by atoms with E-state index >= 15 is 0 Å². The van der Waals surface area contributed by atoms with Crippen molar-refractivity contribution >= 4 is 5.69 Å². The lowest BCUT2D eigenvalue weighted by molar-refractivity contribution is -0.385. The van der Waals surface area contributed by atoms with Gasteiger partial charge in [0.25, 0.3) is 5.69 Å². The molecule has 1 aromatic carbocycles. The Morgan fingerprint density at radius 1 is 1.40 bits per heavy atom. The predicted molar refractivity (Wildman–Crippen MR) is 77.7 cm³/mol. The second kappa shape index (κ2) is 6.33. The van der Waals surface area contributed by atoms with Crippen molar-refractivity contribution in [2.75, 3.05) is 19.8 Å². The van der Waals surface area contributed by atoms with Crippen molar-refractivity contribution in [3.05, 3.63) is 39.4 Å². The number of nitrogens with one attached hydrogen (secondary N) is 1. The summed E-state index contributed by atoms with van der Waals surface area (Å²) < 4.78 is 5.38. The van der Waals surface area contributed by atoms with Crippen LogP contribution in [0.15, 0.2) is 18.2 Å². The number of ether oxygens (including phenoxy) is 1. The molecule has 0 aliphatic carbocycles. The zero-order valence-corrected chi connectivity index (χ0v) is 12.1. The maximum Gasteiger partial charge on any atom is 0.272 e. The lowest BCUT2D eigenvalue weighted by atomic mass is 9.82. The van der Waals surface area contributed by atoms with Crippen molar-refractivity contribution in [2.24, 2.45) is 5.41 Å². The molecule has 0 spiro atoms. The minimum absolute atomic E-state index is 0.196. The summed E-state index contributed by atoms with van der Waals surface area (Å²) in [6.07, 6.45) is 2.13. The first-order chi connectivity index (χ1) is 9.50. The fraction of sp³-hybridized carbons (Fsp3) is 0.600. The molecule has 1 N–H and O–H groups in total. The first-order valence-electron chi connectivity index (χ1n) is 7.03. The van der Waals surface area contributed by atoms with Crippen molar-refractivity contribution in [2.45, 2.75) is 33.2 Å². The van der Waals surface area contributed by atoms with E-state index in [1.54, 1.807) is 13.0 Å². The summed E-state index contributed by atoms with van der Waals surface area (Å²) in [4.78, 5) is 10.6. The highest BCUT2D eigenvalue weighted by Crippen LogP contribution is 2.28. The zero-order chi connectivity index (χ0) is 14.6. The van der Waals surface area contributed by atoms with Gasteiger partial charge in [0.1, 0.15) is 0 Å². The van der Waals surface area contributed by atoms with Gasteiger partial charge in [-0.25, -0.2) is 0 Å². The van der Waals surface area contributed by atoms with E-state index in [1.165, 1.54) is 0 Å². The number of nitro groups is 1. The van der Waals surface area contributed by atoms with Crippen molar-refractivity contribution in [3.8, 4) is 0 Å². The van der Waals surface area contributed by atoms with E-state index in [9.17, 15) is 10.1 Å². The maximum atomic E-state index is 10.9. The number of benzene rings is 1. The molecule has 0 aromatic heterocycles. The van der Waals surface area contributed by atoms with Crippen LogP contribution in [-0.4, -0.2) is 24.7 Å². The van der Waals surface area contributed by atoms with Gasteiger partial charge in [-0.05, 0) is 30.7 Å². The number of nitrogens with zero attached hydrogens (tertiary/aromatic N) is 1. The zero-order valence-electron chi connectivity index (χ0n) is 12.1. The molecule has 0 atom stereocenters. The quantitative estimate of drug-likeness (QED) is 0.664. The molecule has 110 valence electrons. The van der Waals surface area contributed by atoms with Gasteiger partial charge >= 0.3 is 0 Å². The highest BCUT2D eigenvalue weighted by Gasteiger charge is 2.26. The number of nitro benzene ring substituents is 1. The van der Waals surface area contributed by atoms with Gasteiger partial charge < -0.3 is 10.1 Å². The van der Waals surface area contributed by atoms with Crippen LogP contribution >= 0.6 is 0 Å². The molecular formula is C15H22N2O3. The molecule has 1 aliphatic rings. The van der Waals surface area contributed by atoms with Gasteiger partial charge in [0.15, 0.2) is 0 Å². The number of hydrogen-bond donors (Lipinski definition) is 1. The Labute approximate surface area is 119 Å². The molecule has 0 amide bonds. The van der Waals surface area contributed by atoms with E-state index in [1.807, 2.05) is 12.1 Å². The molecule has 2 rings (SSSR count). The summed E-state index contributed by atoms with van der Waals surface area (Å²) in [6.45, 7) is 7.26. The summed E-state index contributed by atoms with van der Waals surface area (Å²) >= 11 is 0. The normalized spacial score (nSPS) is 17.9. The molecule has 0 unspecified atom stereocenters. The Hall–Kier alpha value is -1.46. The second-order valence-electron chi connectivity index (χ2n) is 5.90. The topological polar surface area (TPSA) is 64.4 Å². The van der Waals surface area contributed by atoms with Gasteiger partial charge in [0.2, 0.25) is 0 Å². The van der Waals surface area contributed by atoms with Crippen molar-refractivity contribution in [3.63, 3.8) is 0 Å². The maximum absolute atomic E-state index is 10.9. The number of aryl methyl sites for hydroxylation is 1. The third kappa shape index (κ3) is 3.77. The van der Waals surface area contributed by atoms with E-state index in [4.69, 9.17) is 4.74 Å². The molecule has 0 bridgehead atoms. The monoisotopic (exact) mass is 278 g/mol. The Morgan fingerprint density at radius 3 is 2.75 bits per heavy atom. The van der Waals surface area contributed by atoms with Crippen LogP contribution in [0, 0.1) is 22.5 Å².